The van der Waals surface area contributed by atoms with Crippen molar-refractivity contribution in [1.82, 2.24) is 24.7 Å². The van der Waals surface area contributed by atoms with Gasteiger partial charge in [0.2, 0.25) is 0 Å². The Labute approximate surface area is 136 Å². The monoisotopic (exact) mass is 322 g/mol. The van der Waals surface area contributed by atoms with Crippen LogP contribution in [0, 0.1) is 0 Å². The van der Waals surface area contributed by atoms with E-state index in [9.17, 15) is 9.59 Å². The number of nitrogens with zero attached hydrogens (tertiary/aromatic N) is 4. The molecule has 0 atom stereocenters. The normalized spacial score (nSPS) is 13.7. The molecule has 1 fully saturated rings. The van der Waals surface area contributed by atoms with E-state index in [2.05, 4.69) is 25.4 Å². The molecule has 3 aromatic rings. The number of aromatic amines is 1. The Kier molecular flexibility index (Phi) is 3.42. The van der Waals surface area contributed by atoms with Gasteiger partial charge in [-0.3, -0.25) is 9.59 Å². The summed E-state index contributed by atoms with van der Waals surface area (Å²) < 4.78 is 1.62. The molecular weight excluding hydrogens is 308 g/mol. The van der Waals surface area contributed by atoms with Crippen molar-refractivity contribution in [2.24, 2.45) is 0 Å². The lowest BCUT2D eigenvalue weighted by atomic mass is 10.3. The topological polar surface area (TPSA) is 106 Å². The van der Waals surface area contributed by atoms with E-state index in [1.807, 2.05) is 0 Å². The van der Waals surface area contributed by atoms with Crippen LogP contribution >= 0.6 is 0 Å². The number of carbonyl (C=O) groups is 1. The predicted octanol–water partition coefficient (Wildman–Crippen LogP) is 1.48. The van der Waals surface area contributed by atoms with Crippen molar-refractivity contribution < 1.29 is 4.79 Å². The molecule has 0 bridgehead atoms. The second-order valence-corrected chi connectivity index (χ2v) is 5.60. The van der Waals surface area contributed by atoms with Gasteiger partial charge >= 0.3 is 0 Å². The van der Waals surface area contributed by atoms with Gasteiger partial charge in [0.15, 0.2) is 5.82 Å². The number of carbonyl (C=O) groups excluding carboxylic acids is 1. The highest BCUT2D eigenvalue weighted by atomic mass is 16.2. The average Bonchev–Trinajstić information content (AvgIpc) is 3.30. The summed E-state index contributed by atoms with van der Waals surface area (Å²) in [4.78, 5) is 35.2. The summed E-state index contributed by atoms with van der Waals surface area (Å²) in [5.74, 6) is 1.06. The summed E-state index contributed by atoms with van der Waals surface area (Å²) in [5, 5.41) is 6.78. The molecule has 8 heteroatoms. The summed E-state index contributed by atoms with van der Waals surface area (Å²) in [5.41, 5.74) is 0.312. The van der Waals surface area contributed by atoms with E-state index >= 15 is 0 Å². The molecule has 1 aliphatic rings. The quantitative estimate of drug-likeness (QED) is 0.757. The minimum atomic E-state index is -0.434. The molecule has 0 unspecified atom stereocenters. The van der Waals surface area contributed by atoms with E-state index in [4.69, 9.17) is 0 Å². The highest BCUT2D eigenvalue weighted by molar-refractivity contribution is 6.02. The van der Waals surface area contributed by atoms with Crippen molar-refractivity contribution in [3.05, 3.63) is 64.7 Å². The number of amides is 1. The maximum Gasteiger partial charge on any atom is 0.274 e. The molecule has 1 saturated carbocycles. The zero-order chi connectivity index (χ0) is 16.5. The molecule has 4 rings (SSSR count). The Hall–Kier alpha value is -3.29. The second-order valence-electron chi connectivity index (χ2n) is 5.60. The smallest absolute Gasteiger partial charge is 0.274 e. The van der Waals surface area contributed by atoms with Crippen LogP contribution in [0.3, 0.4) is 0 Å². The van der Waals surface area contributed by atoms with Crippen LogP contribution in [0.1, 0.15) is 35.1 Å². The summed E-state index contributed by atoms with van der Waals surface area (Å²) in [6, 6.07) is 6.46. The third-order valence-electron chi connectivity index (χ3n) is 3.70. The fraction of sp³-hybridized carbons (Fsp3) is 0.188. The number of pyridine rings is 1. The van der Waals surface area contributed by atoms with Crippen LogP contribution in [0.2, 0.25) is 0 Å². The lowest BCUT2D eigenvalue weighted by Crippen LogP contribution is -2.20. The van der Waals surface area contributed by atoms with Crippen LogP contribution in [0.15, 0.2) is 47.7 Å². The molecule has 3 aromatic heterocycles. The first-order chi connectivity index (χ1) is 11.7. The van der Waals surface area contributed by atoms with Crippen molar-refractivity contribution in [3.8, 4) is 5.82 Å². The van der Waals surface area contributed by atoms with Gasteiger partial charge in [-0.25, -0.2) is 14.6 Å². The van der Waals surface area contributed by atoms with Gasteiger partial charge in [-0.1, -0.05) is 0 Å². The molecule has 120 valence electrons. The SMILES string of the molecule is O=C(Nc1ccc(-n2cccn2)nc1)c1cc(=O)[nH]c(C2CC2)n1. The summed E-state index contributed by atoms with van der Waals surface area (Å²) >= 11 is 0. The van der Waals surface area contributed by atoms with E-state index in [-0.39, 0.29) is 17.2 Å². The van der Waals surface area contributed by atoms with Gasteiger partial charge in [0.1, 0.15) is 11.5 Å². The number of hydrogen-bond donors (Lipinski definition) is 2. The summed E-state index contributed by atoms with van der Waals surface area (Å²) in [6.07, 6.45) is 6.96. The van der Waals surface area contributed by atoms with Crippen molar-refractivity contribution in [3.63, 3.8) is 0 Å². The molecule has 0 radical (unpaired) electrons. The van der Waals surface area contributed by atoms with Crippen LogP contribution in [0.25, 0.3) is 5.82 Å². The number of anilines is 1. The fourth-order valence-electron chi connectivity index (χ4n) is 2.34. The van der Waals surface area contributed by atoms with Crippen LogP contribution in [0.4, 0.5) is 5.69 Å². The first-order valence-corrected chi connectivity index (χ1v) is 7.58. The number of hydrogen-bond acceptors (Lipinski definition) is 5. The Morgan fingerprint density at radius 1 is 1.33 bits per heavy atom. The largest absolute Gasteiger partial charge is 0.319 e. The first kappa shape index (κ1) is 14.3. The van der Waals surface area contributed by atoms with E-state index in [1.165, 1.54) is 12.3 Å². The van der Waals surface area contributed by atoms with Gasteiger partial charge in [-0.05, 0) is 31.0 Å². The van der Waals surface area contributed by atoms with Gasteiger partial charge in [0.05, 0.1) is 11.9 Å². The van der Waals surface area contributed by atoms with Crippen molar-refractivity contribution >= 4 is 11.6 Å². The van der Waals surface area contributed by atoms with E-state index in [1.54, 1.807) is 35.3 Å². The Balaban J connectivity index is 1.52. The zero-order valence-corrected chi connectivity index (χ0v) is 12.6. The van der Waals surface area contributed by atoms with E-state index in [0.717, 1.165) is 12.8 Å². The van der Waals surface area contributed by atoms with Gasteiger partial charge in [0, 0.05) is 24.4 Å². The van der Waals surface area contributed by atoms with Gasteiger partial charge in [-0.2, -0.15) is 5.10 Å². The van der Waals surface area contributed by atoms with E-state index < -0.39 is 5.91 Å². The lowest BCUT2D eigenvalue weighted by Gasteiger charge is -2.06. The number of nitrogens with one attached hydrogen (secondary N) is 2. The van der Waals surface area contributed by atoms with Crippen LogP contribution in [-0.4, -0.2) is 30.6 Å². The Morgan fingerprint density at radius 2 is 2.21 bits per heavy atom. The average molecular weight is 322 g/mol. The molecule has 3 heterocycles. The molecular formula is C16H14N6O2. The molecule has 8 nitrogen and oxygen atoms in total. The Bertz CT molecular complexity index is 926. The third kappa shape index (κ3) is 2.94. The first-order valence-electron chi connectivity index (χ1n) is 7.58. The van der Waals surface area contributed by atoms with Crippen LogP contribution in [0.5, 0.6) is 0 Å². The maximum atomic E-state index is 12.3. The predicted molar refractivity (Wildman–Crippen MR) is 86.1 cm³/mol. The molecule has 0 aliphatic heterocycles. The highest BCUT2D eigenvalue weighted by Gasteiger charge is 2.27. The second kappa shape index (κ2) is 5.73. The summed E-state index contributed by atoms with van der Waals surface area (Å²) in [7, 11) is 0. The number of rotatable bonds is 4. The molecule has 0 aromatic carbocycles. The van der Waals surface area contributed by atoms with Crippen LogP contribution in [-0.2, 0) is 0 Å². The zero-order valence-electron chi connectivity index (χ0n) is 12.6. The number of H-pyrrole nitrogens is 1. The maximum absolute atomic E-state index is 12.3. The lowest BCUT2D eigenvalue weighted by molar-refractivity contribution is 0.102. The van der Waals surface area contributed by atoms with Crippen molar-refractivity contribution in [2.75, 3.05) is 5.32 Å². The molecule has 1 amide bonds. The summed E-state index contributed by atoms with van der Waals surface area (Å²) in [6.45, 7) is 0. The minimum Gasteiger partial charge on any atom is -0.319 e. The van der Waals surface area contributed by atoms with E-state index in [0.29, 0.717) is 17.3 Å². The Morgan fingerprint density at radius 3 is 2.88 bits per heavy atom. The van der Waals surface area contributed by atoms with Crippen molar-refractivity contribution in [1.29, 1.82) is 0 Å². The highest BCUT2D eigenvalue weighted by Crippen LogP contribution is 2.37. The third-order valence-corrected chi connectivity index (χ3v) is 3.70. The minimum absolute atomic E-state index is 0.108. The molecule has 0 spiro atoms. The molecule has 24 heavy (non-hydrogen) atoms. The van der Waals surface area contributed by atoms with Crippen LogP contribution < -0.4 is 10.9 Å². The standard InChI is InChI=1S/C16H14N6O2/c23-14-8-12(20-15(21-14)10-2-3-10)16(24)19-11-4-5-13(17-9-11)22-7-1-6-18-22/h1,4-10H,2-3H2,(H,19,24)(H,20,21,23). The number of aromatic nitrogens is 5. The molecule has 1 aliphatic carbocycles. The van der Waals surface area contributed by atoms with Gasteiger partial charge < -0.3 is 10.3 Å². The molecule has 2 N–H and O–H groups in total. The van der Waals surface area contributed by atoms with Gasteiger partial charge in [-0.15, -0.1) is 0 Å². The van der Waals surface area contributed by atoms with Crippen molar-refractivity contribution in [2.45, 2.75) is 18.8 Å². The van der Waals surface area contributed by atoms with Gasteiger partial charge in [0.25, 0.3) is 11.5 Å². The molecule has 0 saturated heterocycles. The fourth-order valence-corrected chi connectivity index (χ4v) is 2.34.